The number of nitrogens with zero attached hydrogens (tertiary/aromatic N) is 1. The Labute approximate surface area is 147 Å². The molecule has 0 radical (unpaired) electrons. The van der Waals surface area contributed by atoms with E-state index in [1.165, 1.54) is 16.2 Å². The second kappa shape index (κ2) is 7.06. The number of benzene rings is 2. The Morgan fingerprint density at radius 1 is 1.13 bits per heavy atom. The molecule has 0 saturated carbocycles. The molecule has 0 bridgehead atoms. The number of hydrogen-bond acceptors (Lipinski definition) is 3. The fourth-order valence-electron chi connectivity index (χ4n) is 2.24. The lowest BCUT2D eigenvalue weighted by atomic mass is 10.1. The highest BCUT2D eigenvalue weighted by Gasteiger charge is 2.14. The van der Waals surface area contributed by atoms with Crippen LogP contribution >= 0.6 is 27.3 Å². The number of amides is 1. The van der Waals surface area contributed by atoms with Crippen LogP contribution in [0.5, 0.6) is 0 Å². The third-order valence-electron chi connectivity index (χ3n) is 3.39. The zero-order valence-electron chi connectivity index (χ0n) is 12.5. The zero-order valence-corrected chi connectivity index (χ0v) is 14.9. The summed E-state index contributed by atoms with van der Waals surface area (Å²) in [5.74, 6) is -0.145. The van der Waals surface area contributed by atoms with Crippen molar-refractivity contribution < 1.29 is 4.79 Å². The van der Waals surface area contributed by atoms with E-state index in [1.807, 2.05) is 42.5 Å². The van der Waals surface area contributed by atoms with Crippen LogP contribution in [0.3, 0.4) is 0 Å². The smallest absolute Gasteiger partial charge is 0.257 e. The molecule has 3 nitrogen and oxygen atoms in total. The van der Waals surface area contributed by atoms with Gasteiger partial charge in [0.2, 0.25) is 0 Å². The van der Waals surface area contributed by atoms with E-state index >= 15 is 0 Å². The molecule has 1 heterocycles. The molecule has 5 heteroatoms. The Balaban J connectivity index is 1.85. The average Bonchev–Trinajstić information content (AvgIpc) is 2.99. The lowest BCUT2D eigenvalue weighted by molar-refractivity contribution is 0.102. The number of anilines is 1. The predicted molar refractivity (Wildman–Crippen MR) is 99.0 cm³/mol. The maximum absolute atomic E-state index is 12.3. The molecule has 2 aromatic carbocycles. The van der Waals surface area contributed by atoms with Gasteiger partial charge in [0.15, 0.2) is 5.13 Å². The first-order valence-electron chi connectivity index (χ1n) is 7.29. The molecule has 23 heavy (non-hydrogen) atoms. The molecule has 0 unspecified atom stereocenters. The van der Waals surface area contributed by atoms with E-state index in [4.69, 9.17) is 0 Å². The van der Waals surface area contributed by atoms with Gasteiger partial charge in [-0.1, -0.05) is 53.2 Å². The molecular weight excluding hydrogens is 372 g/mol. The van der Waals surface area contributed by atoms with Crippen LogP contribution in [0.1, 0.15) is 22.2 Å². The van der Waals surface area contributed by atoms with Crippen LogP contribution in [0, 0.1) is 0 Å². The fourth-order valence-corrected chi connectivity index (χ4v) is 3.42. The summed E-state index contributed by atoms with van der Waals surface area (Å²) in [5.41, 5.74) is 2.64. The molecule has 3 aromatic rings. The number of rotatable bonds is 4. The van der Waals surface area contributed by atoms with E-state index in [-0.39, 0.29) is 5.91 Å². The normalized spacial score (nSPS) is 10.5. The summed E-state index contributed by atoms with van der Waals surface area (Å²) in [6.45, 7) is 2.10. The summed E-state index contributed by atoms with van der Waals surface area (Å²) in [4.78, 5) is 18.1. The van der Waals surface area contributed by atoms with Gasteiger partial charge in [0.05, 0.1) is 5.69 Å². The van der Waals surface area contributed by atoms with Gasteiger partial charge in [-0.2, -0.15) is 0 Å². The number of carbonyl (C=O) groups excluding carboxylic acids is 1. The molecule has 1 aromatic heterocycles. The Bertz CT molecular complexity index is 813. The van der Waals surface area contributed by atoms with Crippen LogP contribution in [0.15, 0.2) is 59.1 Å². The third kappa shape index (κ3) is 3.68. The van der Waals surface area contributed by atoms with Crippen molar-refractivity contribution in [3.8, 4) is 11.3 Å². The minimum Gasteiger partial charge on any atom is -0.298 e. The molecule has 0 spiro atoms. The summed E-state index contributed by atoms with van der Waals surface area (Å²) in [6, 6.07) is 17.3. The van der Waals surface area contributed by atoms with Crippen LogP contribution in [-0.2, 0) is 6.42 Å². The van der Waals surface area contributed by atoms with Gasteiger partial charge in [-0.25, -0.2) is 4.98 Å². The minimum atomic E-state index is -0.145. The van der Waals surface area contributed by atoms with Crippen molar-refractivity contribution in [2.75, 3.05) is 5.32 Å². The summed E-state index contributed by atoms with van der Waals surface area (Å²) in [6.07, 6.45) is 0.885. The third-order valence-corrected chi connectivity index (χ3v) is 5.04. The lowest BCUT2D eigenvalue weighted by Crippen LogP contribution is -2.11. The van der Waals surface area contributed by atoms with E-state index in [0.29, 0.717) is 10.7 Å². The van der Waals surface area contributed by atoms with Gasteiger partial charge in [0.25, 0.3) is 5.91 Å². The maximum Gasteiger partial charge on any atom is 0.257 e. The van der Waals surface area contributed by atoms with Crippen LogP contribution in [0.25, 0.3) is 11.3 Å². The molecule has 116 valence electrons. The predicted octanol–water partition coefficient (Wildman–Crippen LogP) is 5.39. The van der Waals surface area contributed by atoms with E-state index in [9.17, 15) is 4.79 Å². The highest BCUT2D eigenvalue weighted by Crippen LogP contribution is 2.31. The number of thiazole rings is 1. The second-order valence-electron chi connectivity index (χ2n) is 4.97. The summed E-state index contributed by atoms with van der Waals surface area (Å²) in [7, 11) is 0. The van der Waals surface area contributed by atoms with Gasteiger partial charge in [-0.05, 0) is 30.7 Å². The van der Waals surface area contributed by atoms with Gasteiger partial charge in [0, 0.05) is 20.5 Å². The van der Waals surface area contributed by atoms with Gasteiger partial charge in [-0.15, -0.1) is 11.3 Å². The van der Waals surface area contributed by atoms with Gasteiger partial charge >= 0.3 is 0 Å². The Morgan fingerprint density at radius 3 is 2.48 bits per heavy atom. The van der Waals surface area contributed by atoms with Crippen LogP contribution in [0.4, 0.5) is 5.13 Å². The van der Waals surface area contributed by atoms with Crippen LogP contribution < -0.4 is 5.32 Å². The summed E-state index contributed by atoms with van der Waals surface area (Å²) >= 11 is 4.90. The van der Waals surface area contributed by atoms with Crippen molar-refractivity contribution in [3.63, 3.8) is 0 Å². The van der Waals surface area contributed by atoms with Crippen molar-refractivity contribution in [1.29, 1.82) is 0 Å². The Kier molecular flexibility index (Phi) is 4.88. The Hall–Kier alpha value is -1.98. The van der Waals surface area contributed by atoms with Gasteiger partial charge in [0.1, 0.15) is 0 Å². The topological polar surface area (TPSA) is 42.0 Å². The van der Waals surface area contributed by atoms with E-state index < -0.39 is 0 Å². The highest BCUT2D eigenvalue weighted by atomic mass is 79.9. The average molecular weight is 387 g/mol. The monoisotopic (exact) mass is 386 g/mol. The quantitative estimate of drug-likeness (QED) is 0.653. The SMILES string of the molecule is CCc1sc(NC(=O)c2ccc(Br)cc2)nc1-c1ccccc1. The largest absolute Gasteiger partial charge is 0.298 e. The molecule has 0 fully saturated rings. The van der Waals surface area contributed by atoms with Crippen LogP contribution in [0.2, 0.25) is 0 Å². The summed E-state index contributed by atoms with van der Waals surface area (Å²) < 4.78 is 0.947. The van der Waals surface area contributed by atoms with Crippen molar-refractivity contribution in [3.05, 3.63) is 69.5 Å². The zero-order chi connectivity index (χ0) is 16.2. The minimum absolute atomic E-state index is 0.145. The molecule has 0 aliphatic carbocycles. The van der Waals surface area contributed by atoms with Crippen molar-refractivity contribution in [2.24, 2.45) is 0 Å². The number of nitrogens with one attached hydrogen (secondary N) is 1. The number of carbonyl (C=O) groups is 1. The van der Waals surface area contributed by atoms with Crippen molar-refractivity contribution in [1.82, 2.24) is 4.98 Å². The van der Waals surface area contributed by atoms with Crippen molar-refractivity contribution in [2.45, 2.75) is 13.3 Å². The molecule has 1 amide bonds. The number of aryl methyl sites for hydroxylation is 1. The van der Waals surface area contributed by atoms with Crippen LogP contribution in [-0.4, -0.2) is 10.9 Å². The first-order chi connectivity index (χ1) is 11.2. The first kappa shape index (κ1) is 15.9. The molecule has 3 rings (SSSR count). The van der Waals surface area contributed by atoms with Crippen molar-refractivity contribution >= 4 is 38.3 Å². The van der Waals surface area contributed by atoms with E-state index in [2.05, 4.69) is 33.2 Å². The standard InChI is InChI=1S/C18H15BrN2OS/c1-2-15-16(12-6-4-3-5-7-12)20-18(23-15)21-17(22)13-8-10-14(19)11-9-13/h3-11H,2H2,1H3,(H,20,21,22). The Morgan fingerprint density at radius 2 is 1.83 bits per heavy atom. The van der Waals surface area contributed by atoms with E-state index in [0.717, 1.165) is 22.2 Å². The molecular formula is C18H15BrN2OS. The molecule has 0 saturated heterocycles. The molecule has 0 aliphatic heterocycles. The molecule has 0 atom stereocenters. The number of halogens is 1. The number of hydrogen-bond donors (Lipinski definition) is 1. The van der Waals surface area contributed by atoms with Gasteiger partial charge in [-0.3, -0.25) is 10.1 Å². The van der Waals surface area contributed by atoms with Gasteiger partial charge < -0.3 is 0 Å². The van der Waals surface area contributed by atoms with E-state index in [1.54, 1.807) is 12.1 Å². The molecule has 0 aliphatic rings. The first-order valence-corrected chi connectivity index (χ1v) is 8.90. The summed E-state index contributed by atoms with van der Waals surface area (Å²) in [5, 5.41) is 3.53. The highest BCUT2D eigenvalue weighted by molar-refractivity contribution is 9.10. The maximum atomic E-state index is 12.3. The lowest BCUT2D eigenvalue weighted by Gasteiger charge is -2.01. The second-order valence-corrected chi connectivity index (χ2v) is 6.97. The number of aromatic nitrogens is 1. The molecule has 1 N–H and O–H groups in total. The fraction of sp³-hybridized carbons (Fsp3) is 0.111.